The van der Waals surface area contributed by atoms with Crippen LogP contribution in [0.25, 0.3) is 0 Å². The molecule has 6 heteroatoms. The molecule has 0 aliphatic rings. The second-order valence-electron chi connectivity index (χ2n) is 4.14. The molecule has 0 saturated carbocycles. The van der Waals surface area contributed by atoms with E-state index in [1.165, 1.54) is 6.07 Å². The van der Waals surface area contributed by atoms with Crippen molar-refractivity contribution in [2.45, 2.75) is 10.6 Å². The monoisotopic (exact) mass is 294 g/mol. The number of primary amides is 1. The van der Waals surface area contributed by atoms with E-state index in [0.717, 1.165) is 35.5 Å². The van der Waals surface area contributed by atoms with Crippen molar-refractivity contribution in [1.29, 1.82) is 0 Å². The molecule has 0 heterocycles. The molecule has 0 unspecified atom stereocenters. The first-order valence-electron chi connectivity index (χ1n) is 5.73. The molecule has 4 N–H and O–H groups in total. The predicted molar refractivity (Wildman–Crippen MR) is 75.3 cm³/mol. The summed E-state index contributed by atoms with van der Waals surface area (Å²) in [6.45, 7) is 0. The van der Waals surface area contributed by atoms with Crippen molar-refractivity contribution < 1.29 is 13.6 Å². The molecule has 2 aromatic carbocycles. The SMILES string of the molecule is NC(=O)c1ccc(CSc2cc(F)ccc2F)c(N)c1. The van der Waals surface area contributed by atoms with Gasteiger partial charge in [0.15, 0.2) is 0 Å². The Kier molecular flexibility index (Phi) is 4.24. The fourth-order valence-corrected chi connectivity index (χ4v) is 2.60. The van der Waals surface area contributed by atoms with Crippen molar-refractivity contribution in [2.75, 3.05) is 5.73 Å². The number of hydrogen-bond donors (Lipinski definition) is 2. The Hall–Kier alpha value is -2.08. The van der Waals surface area contributed by atoms with Gasteiger partial charge in [-0.3, -0.25) is 4.79 Å². The van der Waals surface area contributed by atoms with Crippen molar-refractivity contribution in [2.24, 2.45) is 5.73 Å². The molecule has 0 spiro atoms. The van der Waals surface area contributed by atoms with E-state index >= 15 is 0 Å². The first-order chi connectivity index (χ1) is 9.47. The lowest BCUT2D eigenvalue weighted by Crippen LogP contribution is -2.11. The second kappa shape index (κ2) is 5.92. The first kappa shape index (κ1) is 14.3. The van der Waals surface area contributed by atoms with Crippen LogP contribution in [0.1, 0.15) is 15.9 Å². The van der Waals surface area contributed by atoms with Crippen molar-refractivity contribution in [3.05, 3.63) is 59.2 Å². The summed E-state index contributed by atoms with van der Waals surface area (Å²) in [6, 6.07) is 7.96. The number of carbonyl (C=O) groups excluding carboxylic acids is 1. The smallest absolute Gasteiger partial charge is 0.248 e. The van der Waals surface area contributed by atoms with E-state index in [-0.39, 0.29) is 4.90 Å². The number of carbonyl (C=O) groups is 1. The molecule has 20 heavy (non-hydrogen) atoms. The lowest BCUT2D eigenvalue weighted by molar-refractivity contribution is 0.100. The van der Waals surface area contributed by atoms with Gasteiger partial charge >= 0.3 is 0 Å². The molecule has 0 aromatic heterocycles. The summed E-state index contributed by atoms with van der Waals surface area (Å²) in [5.41, 5.74) is 12.4. The molecule has 0 aliphatic carbocycles. The molecule has 0 fully saturated rings. The number of benzene rings is 2. The van der Waals surface area contributed by atoms with Gasteiger partial charge in [0.1, 0.15) is 11.6 Å². The number of thioether (sulfide) groups is 1. The molecule has 0 bridgehead atoms. The Bertz CT molecular complexity index is 662. The van der Waals surface area contributed by atoms with Gasteiger partial charge in [-0.25, -0.2) is 8.78 Å². The highest BCUT2D eigenvalue weighted by Crippen LogP contribution is 2.28. The molecule has 3 nitrogen and oxygen atoms in total. The second-order valence-corrected chi connectivity index (χ2v) is 5.16. The molecular weight excluding hydrogens is 282 g/mol. The van der Waals surface area contributed by atoms with Gasteiger partial charge in [0, 0.05) is 21.9 Å². The molecule has 2 rings (SSSR count). The van der Waals surface area contributed by atoms with E-state index in [4.69, 9.17) is 11.5 Å². The van der Waals surface area contributed by atoms with Crippen LogP contribution in [-0.4, -0.2) is 5.91 Å². The number of amides is 1. The topological polar surface area (TPSA) is 69.1 Å². The third-order valence-electron chi connectivity index (χ3n) is 2.71. The minimum Gasteiger partial charge on any atom is -0.398 e. The van der Waals surface area contributed by atoms with Gasteiger partial charge in [-0.05, 0) is 35.9 Å². The average Bonchev–Trinajstić information content (AvgIpc) is 2.40. The van der Waals surface area contributed by atoms with Crippen LogP contribution in [0.3, 0.4) is 0 Å². The van der Waals surface area contributed by atoms with Gasteiger partial charge in [0.05, 0.1) is 0 Å². The quantitative estimate of drug-likeness (QED) is 0.673. The summed E-state index contributed by atoms with van der Waals surface area (Å²) in [5, 5.41) is 0. The first-order valence-corrected chi connectivity index (χ1v) is 6.72. The average molecular weight is 294 g/mol. The lowest BCUT2D eigenvalue weighted by Gasteiger charge is -2.07. The number of rotatable bonds is 4. The maximum absolute atomic E-state index is 13.5. The van der Waals surface area contributed by atoms with Crippen LogP contribution in [0.4, 0.5) is 14.5 Å². The van der Waals surface area contributed by atoms with Gasteiger partial charge in [0.25, 0.3) is 0 Å². The fraction of sp³-hybridized carbons (Fsp3) is 0.0714. The van der Waals surface area contributed by atoms with Crippen molar-refractivity contribution in [1.82, 2.24) is 0 Å². The molecule has 0 radical (unpaired) electrons. The zero-order chi connectivity index (χ0) is 14.7. The Morgan fingerprint density at radius 2 is 1.90 bits per heavy atom. The fourth-order valence-electron chi connectivity index (χ4n) is 1.62. The number of anilines is 1. The molecule has 0 aliphatic heterocycles. The molecular formula is C14H12F2N2OS. The summed E-state index contributed by atoms with van der Waals surface area (Å²) < 4.78 is 26.5. The van der Waals surface area contributed by atoms with Gasteiger partial charge in [-0.1, -0.05) is 6.07 Å². The van der Waals surface area contributed by atoms with Crippen LogP contribution in [-0.2, 0) is 5.75 Å². The van der Waals surface area contributed by atoms with Crippen molar-refractivity contribution in [3.63, 3.8) is 0 Å². The largest absolute Gasteiger partial charge is 0.398 e. The number of hydrogen-bond acceptors (Lipinski definition) is 3. The molecule has 0 saturated heterocycles. The number of nitrogen functional groups attached to an aromatic ring is 1. The van der Waals surface area contributed by atoms with Crippen LogP contribution in [0.15, 0.2) is 41.3 Å². The van der Waals surface area contributed by atoms with E-state index in [2.05, 4.69) is 0 Å². The summed E-state index contributed by atoms with van der Waals surface area (Å²) in [7, 11) is 0. The standard InChI is InChI=1S/C14H12F2N2OS/c15-10-3-4-11(16)13(6-10)20-7-9-2-1-8(14(18)19)5-12(9)17/h1-6H,7,17H2,(H2,18,19). The van der Waals surface area contributed by atoms with Crippen LogP contribution in [0.5, 0.6) is 0 Å². The number of nitrogens with two attached hydrogens (primary N) is 2. The number of halogens is 2. The van der Waals surface area contributed by atoms with Crippen LogP contribution in [0.2, 0.25) is 0 Å². The highest BCUT2D eigenvalue weighted by atomic mass is 32.2. The van der Waals surface area contributed by atoms with E-state index in [0.29, 0.717) is 17.0 Å². The van der Waals surface area contributed by atoms with Gasteiger partial charge < -0.3 is 11.5 Å². The van der Waals surface area contributed by atoms with Crippen LogP contribution >= 0.6 is 11.8 Å². The van der Waals surface area contributed by atoms with Gasteiger partial charge in [0.2, 0.25) is 5.91 Å². The van der Waals surface area contributed by atoms with Crippen molar-refractivity contribution >= 4 is 23.4 Å². The molecule has 0 atom stereocenters. The zero-order valence-corrected chi connectivity index (χ0v) is 11.2. The Balaban J connectivity index is 2.15. The maximum Gasteiger partial charge on any atom is 0.248 e. The highest BCUT2D eigenvalue weighted by Gasteiger charge is 2.08. The lowest BCUT2D eigenvalue weighted by atomic mass is 10.1. The van der Waals surface area contributed by atoms with Crippen LogP contribution in [0, 0.1) is 11.6 Å². The Labute approximate surface area is 119 Å². The van der Waals surface area contributed by atoms with E-state index < -0.39 is 17.5 Å². The Morgan fingerprint density at radius 3 is 2.55 bits per heavy atom. The van der Waals surface area contributed by atoms with Crippen LogP contribution < -0.4 is 11.5 Å². The third kappa shape index (κ3) is 3.27. The van der Waals surface area contributed by atoms with E-state index in [1.54, 1.807) is 12.1 Å². The predicted octanol–water partition coefficient (Wildman–Crippen LogP) is 2.94. The maximum atomic E-state index is 13.5. The minimum atomic E-state index is -0.563. The molecule has 104 valence electrons. The summed E-state index contributed by atoms with van der Waals surface area (Å²) in [6.07, 6.45) is 0. The van der Waals surface area contributed by atoms with E-state index in [1.807, 2.05) is 0 Å². The Morgan fingerprint density at radius 1 is 1.15 bits per heavy atom. The zero-order valence-electron chi connectivity index (χ0n) is 10.4. The van der Waals surface area contributed by atoms with Gasteiger partial charge in [-0.15, -0.1) is 11.8 Å². The molecule has 2 aromatic rings. The summed E-state index contributed by atoms with van der Waals surface area (Å²) >= 11 is 1.13. The summed E-state index contributed by atoms with van der Waals surface area (Å²) in [5.74, 6) is -1.17. The van der Waals surface area contributed by atoms with Gasteiger partial charge in [-0.2, -0.15) is 0 Å². The summed E-state index contributed by atoms with van der Waals surface area (Å²) in [4.78, 5) is 11.2. The third-order valence-corrected chi connectivity index (χ3v) is 3.79. The molecule has 1 amide bonds. The van der Waals surface area contributed by atoms with E-state index in [9.17, 15) is 13.6 Å². The minimum absolute atomic E-state index is 0.211. The van der Waals surface area contributed by atoms with Crippen molar-refractivity contribution in [3.8, 4) is 0 Å². The normalized spacial score (nSPS) is 10.5. The highest BCUT2D eigenvalue weighted by molar-refractivity contribution is 7.98.